The Labute approximate surface area is 141 Å². The van der Waals surface area contributed by atoms with Crippen LogP contribution in [0.4, 0.5) is 0 Å². The fraction of sp³-hybridized carbons (Fsp3) is 0.389. The minimum Gasteiger partial charge on any atom is -0.337 e. The van der Waals surface area contributed by atoms with Crippen molar-refractivity contribution in [1.29, 1.82) is 0 Å². The molecule has 1 fully saturated rings. The van der Waals surface area contributed by atoms with Crippen LogP contribution in [0.5, 0.6) is 0 Å². The van der Waals surface area contributed by atoms with Gasteiger partial charge in [-0.25, -0.2) is 0 Å². The maximum atomic E-state index is 5.55. The van der Waals surface area contributed by atoms with Gasteiger partial charge in [-0.05, 0) is 32.4 Å². The Hall–Kier alpha value is -2.47. The molecule has 0 unspecified atom stereocenters. The molecule has 1 saturated heterocycles. The van der Waals surface area contributed by atoms with Gasteiger partial charge in [-0.3, -0.25) is 9.58 Å². The van der Waals surface area contributed by atoms with Gasteiger partial charge in [-0.15, -0.1) is 0 Å². The average Bonchev–Trinajstić information content (AvgIpc) is 3.37. The molecule has 4 rings (SSSR count). The monoisotopic (exact) mass is 323 g/mol. The van der Waals surface area contributed by atoms with E-state index in [9.17, 15) is 0 Å². The molecule has 3 heterocycles. The van der Waals surface area contributed by atoms with Crippen LogP contribution in [0, 0.1) is 0 Å². The van der Waals surface area contributed by atoms with Crippen molar-refractivity contribution in [2.75, 3.05) is 6.54 Å². The molecular formula is C18H21N5O. The maximum Gasteiger partial charge on any atom is 0.244 e. The van der Waals surface area contributed by atoms with Crippen LogP contribution in [-0.2, 0) is 6.54 Å². The Morgan fingerprint density at radius 3 is 2.92 bits per heavy atom. The maximum absolute atomic E-state index is 5.55. The van der Waals surface area contributed by atoms with Crippen molar-refractivity contribution in [3.8, 4) is 11.4 Å². The predicted molar refractivity (Wildman–Crippen MR) is 90.1 cm³/mol. The van der Waals surface area contributed by atoms with Crippen molar-refractivity contribution >= 4 is 0 Å². The number of hydrogen-bond donors (Lipinski definition) is 0. The molecule has 0 bridgehead atoms. The second-order valence-corrected chi connectivity index (χ2v) is 6.26. The summed E-state index contributed by atoms with van der Waals surface area (Å²) >= 11 is 0. The van der Waals surface area contributed by atoms with Crippen molar-refractivity contribution in [3.63, 3.8) is 0 Å². The van der Waals surface area contributed by atoms with E-state index in [0.717, 1.165) is 18.7 Å². The fourth-order valence-electron chi connectivity index (χ4n) is 3.44. The minimum atomic E-state index is 0.109. The minimum absolute atomic E-state index is 0.109. The van der Waals surface area contributed by atoms with Gasteiger partial charge in [-0.1, -0.05) is 35.5 Å². The van der Waals surface area contributed by atoms with E-state index in [1.807, 2.05) is 53.5 Å². The molecule has 124 valence electrons. The second kappa shape index (κ2) is 6.57. The van der Waals surface area contributed by atoms with Gasteiger partial charge in [0.15, 0.2) is 0 Å². The van der Waals surface area contributed by atoms with Crippen molar-refractivity contribution in [1.82, 2.24) is 24.8 Å². The van der Waals surface area contributed by atoms with Gasteiger partial charge < -0.3 is 4.52 Å². The molecule has 1 aliphatic heterocycles. The molecule has 3 aromatic rings. The Morgan fingerprint density at radius 2 is 2.12 bits per heavy atom. The van der Waals surface area contributed by atoms with Crippen molar-refractivity contribution in [3.05, 3.63) is 54.7 Å². The van der Waals surface area contributed by atoms with Gasteiger partial charge in [0, 0.05) is 24.0 Å². The molecule has 0 saturated carbocycles. The number of likely N-dealkylation sites (tertiary alicyclic amines) is 1. The number of nitrogens with zero attached hydrogens (tertiary/aromatic N) is 5. The van der Waals surface area contributed by atoms with E-state index in [0.29, 0.717) is 17.8 Å². The SMILES string of the molecule is C[C@@H](c1nc(-c2ccccc2)no1)N1CCC[C@H]1Cn1cccn1. The Balaban J connectivity index is 1.50. The second-order valence-electron chi connectivity index (χ2n) is 6.26. The molecule has 24 heavy (non-hydrogen) atoms. The Kier molecular flexibility index (Phi) is 4.13. The summed E-state index contributed by atoms with van der Waals surface area (Å²) in [6, 6.07) is 12.5. The third-order valence-electron chi connectivity index (χ3n) is 4.71. The quantitative estimate of drug-likeness (QED) is 0.722. The van der Waals surface area contributed by atoms with Crippen LogP contribution in [0.1, 0.15) is 31.7 Å². The van der Waals surface area contributed by atoms with E-state index in [1.165, 1.54) is 12.8 Å². The van der Waals surface area contributed by atoms with Gasteiger partial charge in [0.05, 0.1) is 12.6 Å². The predicted octanol–water partition coefficient (Wildman–Crippen LogP) is 3.16. The van der Waals surface area contributed by atoms with E-state index in [-0.39, 0.29) is 6.04 Å². The largest absolute Gasteiger partial charge is 0.337 e. The van der Waals surface area contributed by atoms with Gasteiger partial charge in [0.2, 0.25) is 11.7 Å². The van der Waals surface area contributed by atoms with E-state index >= 15 is 0 Å². The van der Waals surface area contributed by atoms with Crippen LogP contribution in [0.25, 0.3) is 11.4 Å². The van der Waals surface area contributed by atoms with Gasteiger partial charge in [-0.2, -0.15) is 10.1 Å². The summed E-state index contributed by atoms with van der Waals surface area (Å²) < 4.78 is 7.55. The third-order valence-corrected chi connectivity index (χ3v) is 4.71. The molecular weight excluding hydrogens is 302 g/mol. The standard InChI is InChI=1S/C18H21N5O/c1-14(18-20-17(21-24-18)15-7-3-2-4-8-15)23-12-5-9-16(23)13-22-11-6-10-19-22/h2-4,6-8,10-11,14,16H,5,9,12-13H2,1H3/t14-,16-/m0/s1. The van der Waals surface area contributed by atoms with E-state index in [1.54, 1.807) is 0 Å². The van der Waals surface area contributed by atoms with E-state index < -0.39 is 0 Å². The number of rotatable bonds is 5. The van der Waals surface area contributed by atoms with Gasteiger partial charge in [0.1, 0.15) is 0 Å². The zero-order valence-electron chi connectivity index (χ0n) is 13.7. The number of aromatic nitrogens is 4. The first kappa shape index (κ1) is 15.1. The number of hydrogen-bond acceptors (Lipinski definition) is 5. The molecule has 0 radical (unpaired) electrons. The summed E-state index contributed by atoms with van der Waals surface area (Å²) in [7, 11) is 0. The third kappa shape index (κ3) is 2.97. The summed E-state index contributed by atoms with van der Waals surface area (Å²) in [6.45, 7) is 4.09. The summed E-state index contributed by atoms with van der Waals surface area (Å²) in [6.07, 6.45) is 6.20. The number of benzene rings is 1. The highest BCUT2D eigenvalue weighted by Gasteiger charge is 2.32. The molecule has 0 amide bonds. The highest BCUT2D eigenvalue weighted by Crippen LogP contribution is 2.30. The molecule has 0 N–H and O–H groups in total. The lowest BCUT2D eigenvalue weighted by Gasteiger charge is -2.28. The Morgan fingerprint density at radius 1 is 1.25 bits per heavy atom. The smallest absolute Gasteiger partial charge is 0.244 e. The summed E-state index contributed by atoms with van der Waals surface area (Å²) in [5, 5.41) is 8.48. The van der Waals surface area contributed by atoms with Crippen LogP contribution in [0.2, 0.25) is 0 Å². The molecule has 2 aromatic heterocycles. The van der Waals surface area contributed by atoms with Crippen LogP contribution in [0.3, 0.4) is 0 Å². The molecule has 1 aliphatic rings. The van der Waals surface area contributed by atoms with Crippen LogP contribution in [0.15, 0.2) is 53.3 Å². The summed E-state index contributed by atoms with van der Waals surface area (Å²) in [5.74, 6) is 1.33. The highest BCUT2D eigenvalue weighted by atomic mass is 16.5. The van der Waals surface area contributed by atoms with E-state index in [2.05, 4.69) is 27.1 Å². The van der Waals surface area contributed by atoms with Gasteiger partial charge in [0.25, 0.3) is 0 Å². The van der Waals surface area contributed by atoms with Crippen LogP contribution < -0.4 is 0 Å². The lowest BCUT2D eigenvalue weighted by Crippen LogP contribution is -2.35. The van der Waals surface area contributed by atoms with Crippen LogP contribution in [-0.4, -0.2) is 37.4 Å². The summed E-state index contributed by atoms with van der Waals surface area (Å²) in [4.78, 5) is 7.06. The normalized spacial score (nSPS) is 19.6. The molecule has 6 heteroatoms. The first-order chi connectivity index (χ1) is 11.8. The van der Waals surface area contributed by atoms with Crippen molar-refractivity contribution in [2.24, 2.45) is 0 Å². The van der Waals surface area contributed by atoms with Crippen LogP contribution >= 0.6 is 0 Å². The Bertz CT molecular complexity index is 768. The van der Waals surface area contributed by atoms with E-state index in [4.69, 9.17) is 4.52 Å². The lowest BCUT2D eigenvalue weighted by molar-refractivity contribution is 0.144. The molecule has 0 spiro atoms. The van der Waals surface area contributed by atoms with Crippen molar-refractivity contribution in [2.45, 2.75) is 38.4 Å². The fourth-order valence-corrected chi connectivity index (χ4v) is 3.44. The first-order valence-electron chi connectivity index (χ1n) is 8.43. The topological polar surface area (TPSA) is 60.0 Å². The molecule has 0 aliphatic carbocycles. The molecule has 2 atom stereocenters. The molecule has 6 nitrogen and oxygen atoms in total. The lowest BCUT2D eigenvalue weighted by atomic mass is 10.2. The first-order valence-corrected chi connectivity index (χ1v) is 8.43. The van der Waals surface area contributed by atoms with Crippen molar-refractivity contribution < 1.29 is 4.52 Å². The van der Waals surface area contributed by atoms with Gasteiger partial charge >= 0.3 is 0 Å². The highest BCUT2D eigenvalue weighted by molar-refractivity contribution is 5.53. The average molecular weight is 323 g/mol. The zero-order chi connectivity index (χ0) is 16.4. The zero-order valence-corrected chi connectivity index (χ0v) is 13.7. The molecule has 1 aromatic carbocycles. The summed E-state index contributed by atoms with van der Waals surface area (Å²) in [5.41, 5.74) is 0.981.